The number of carbonyl (C=O) groups excluding carboxylic acids is 1. The van der Waals surface area contributed by atoms with Crippen molar-refractivity contribution < 1.29 is 24.2 Å². The molecule has 0 spiro atoms. The molecule has 0 aliphatic heterocycles. The molecule has 7 heteroatoms. The van der Waals surface area contributed by atoms with Gasteiger partial charge in [0.1, 0.15) is 11.3 Å². The van der Waals surface area contributed by atoms with E-state index in [2.05, 4.69) is 5.32 Å². The third kappa shape index (κ3) is 3.25. The number of hydrogen-bond acceptors (Lipinski definition) is 6. The minimum Gasteiger partial charge on any atom is -0.504 e. The second-order valence-corrected chi connectivity index (χ2v) is 5.20. The molecule has 0 atom stereocenters. The summed E-state index contributed by atoms with van der Waals surface area (Å²) in [6.07, 6.45) is -0.739. The van der Waals surface area contributed by atoms with Crippen molar-refractivity contribution in [2.45, 2.75) is 6.92 Å². The molecular formula is C18H15NO6. The summed E-state index contributed by atoms with van der Waals surface area (Å²) < 4.78 is 10.5. The second kappa shape index (κ2) is 6.56. The predicted molar refractivity (Wildman–Crippen MR) is 91.9 cm³/mol. The first-order valence-corrected chi connectivity index (χ1v) is 7.52. The van der Waals surface area contributed by atoms with E-state index in [4.69, 9.17) is 9.15 Å². The Labute approximate surface area is 142 Å². The van der Waals surface area contributed by atoms with Gasteiger partial charge in [-0.05, 0) is 25.1 Å². The van der Waals surface area contributed by atoms with E-state index in [0.29, 0.717) is 11.0 Å². The number of benzene rings is 2. The molecule has 1 amide bonds. The summed E-state index contributed by atoms with van der Waals surface area (Å²) >= 11 is 0. The number of amides is 1. The Hall–Kier alpha value is -3.48. The van der Waals surface area contributed by atoms with Gasteiger partial charge >= 0.3 is 6.09 Å². The van der Waals surface area contributed by atoms with Crippen LogP contribution in [0.3, 0.4) is 0 Å². The zero-order valence-electron chi connectivity index (χ0n) is 13.3. The number of phenolic OH excluding ortho intramolecular Hbond substituents is 2. The molecule has 3 rings (SSSR count). The largest absolute Gasteiger partial charge is 0.504 e. The molecule has 0 radical (unpaired) electrons. The lowest BCUT2D eigenvalue weighted by Crippen LogP contribution is -2.14. The van der Waals surface area contributed by atoms with Crippen LogP contribution in [-0.2, 0) is 4.74 Å². The van der Waals surface area contributed by atoms with Gasteiger partial charge in [0.25, 0.3) is 0 Å². The highest BCUT2D eigenvalue weighted by Gasteiger charge is 2.16. The number of ether oxygens (including phenoxy) is 1. The quantitative estimate of drug-likeness (QED) is 0.497. The molecule has 7 nitrogen and oxygen atoms in total. The molecule has 0 fully saturated rings. The SMILES string of the molecule is CCOC(=O)Nc1cc(O)c(O)cc1-c1cc(=O)c2ccccc2o1. The van der Waals surface area contributed by atoms with Crippen LogP contribution < -0.4 is 10.7 Å². The average Bonchev–Trinajstić information content (AvgIpc) is 2.58. The monoisotopic (exact) mass is 341 g/mol. The first kappa shape index (κ1) is 16.4. The molecular weight excluding hydrogens is 326 g/mol. The summed E-state index contributed by atoms with van der Waals surface area (Å²) in [5.74, 6) is -0.718. The number of para-hydroxylation sites is 1. The number of rotatable bonds is 3. The van der Waals surface area contributed by atoms with Gasteiger partial charge in [0.05, 0.1) is 17.7 Å². The Bertz CT molecular complexity index is 1010. The highest BCUT2D eigenvalue weighted by Crippen LogP contribution is 2.38. The average molecular weight is 341 g/mol. The van der Waals surface area contributed by atoms with Crippen molar-refractivity contribution in [3.63, 3.8) is 0 Å². The van der Waals surface area contributed by atoms with Crippen LogP contribution in [0, 0.1) is 0 Å². The van der Waals surface area contributed by atoms with Crippen LogP contribution in [0.5, 0.6) is 11.5 Å². The summed E-state index contributed by atoms with van der Waals surface area (Å²) in [6.45, 7) is 1.81. The Morgan fingerprint density at radius 2 is 1.88 bits per heavy atom. The molecule has 2 aromatic carbocycles. The fourth-order valence-electron chi connectivity index (χ4n) is 2.40. The highest BCUT2D eigenvalue weighted by molar-refractivity contribution is 5.92. The van der Waals surface area contributed by atoms with Gasteiger partial charge in [-0.1, -0.05) is 12.1 Å². The van der Waals surface area contributed by atoms with Gasteiger partial charge in [-0.25, -0.2) is 4.79 Å². The van der Waals surface area contributed by atoms with Gasteiger partial charge < -0.3 is 19.4 Å². The van der Waals surface area contributed by atoms with Crippen molar-refractivity contribution in [2.75, 3.05) is 11.9 Å². The summed E-state index contributed by atoms with van der Waals surface area (Å²) in [5.41, 5.74) is 0.449. The van der Waals surface area contributed by atoms with Crippen LogP contribution in [-0.4, -0.2) is 22.9 Å². The van der Waals surface area contributed by atoms with Gasteiger partial charge in [0.15, 0.2) is 16.9 Å². The van der Waals surface area contributed by atoms with Crippen molar-refractivity contribution in [1.82, 2.24) is 0 Å². The Kier molecular flexibility index (Phi) is 4.30. The lowest BCUT2D eigenvalue weighted by molar-refractivity contribution is 0.168. The van der Waals surface area contributed by atoms with Gasteiger partial charge in [-0.15, -0.1) is 0 Å². The highest BCUT2D eigenvalue weighted by atomic mass is 16.5. The summed E-state index contributed by atoms with van der Waals surface area (Å²) in [5, 5.41) is 22.4. The molecule has 128 valence electrons. The normalized spacial score (nSPS) is 10.6. The third-order valence-corrected chi connectivity index (χ3v) is 3.53. The minimum atomic E-state index is -0.739. The van der Waals surface area contributed by atoms with Crippen LogP contribution in [0.15, 0.2) is 51.7 Å². The van der Waals surface area contributed by atoms with Crippen LogP contribution in [0.2, 0.25) is 0 Å². The number of aromatic hydroxyl groups is 2. The van der Waals surface area contributed by atoms with E-state index in [9.17, 15) is 19.8 Å². The van der Waals surface area contributed by atoms with Crippen LogP contribution in [0.4, 0.5) is 10.5 Å². The van der Waals surface area contributed by atoms with Gasteiger partial charge in [-0.2, -0.15) is 0 Å². The predicted octanol–water partition coefficient (Wildman–Crippen LogP) is 3.44. The number of hydrogen-bond donors (Lipinski definition) is 3. The molecule has 3 aromatic rings. The standard InChI is InChI=1S/C18H15NO6/c1-2-24-18(23)19-12-8-15(22)14(21)7-11(12)17-9-13(20)10-5-3-4-6-16(10)25-17/h3-9,21-22H,2H2,1H3,(H,19,23). The van der Waals surface area contributed by atoms with Crippen molar-refractivity contribution >= 4 is 22.7 Å². The van der Waals surface area contributed by atoms with E-state index in [1.165, 1.54) is 12.1 Å². The molecule has 0 aliphatic rings. The van der Waals surface area contributed by atoms with E-state index < -0.39 is 17.6 Å². The molecule has 0 unspecified atom stereocenters. The van der Waals surface area contributed by atoms with Gasteiger partial charge in [0.2, 0.25) is 0 Å². The van der Waals surface area contributed by atoms with Crippen LogP contribution in [0.1, 0.15) is 6.92 Å². The summed E-state index contributed by atoms with van der Waals surface area (Å²) in [6, 6.07) is 10.3. The van der Waals surface area contributed by atoms with Gasteiger partial charge in [0, 0.05) is 17.7 Å². The molecule has 0 aliphatic carbocycles. The molecule has 0 saturated carbocycles. The van der Waals surface area contributed by atoms with E-state index in [1.54, 1.807) is 31.2 Å². The number of phenols is 2. The first-order chi connectivity index (χ1) is 12.0. The van der Waals surface area contributed by atoms with Crippen molar-refractivity contribution in [1.29, 1.82) is 0 Å². The Morgan fingerprint density at radius 1 is 1.16 bits per heavy atom. The topological polar surface area (TPSA) is 109 Å². The van der Waals surface area contributed by atoms with Crippen molar-refractivity contribution in [3.05, 3.63) is 52.7 Å². The molecule has 1 aromatic heterocycles. The van der Waals surface area contributed by atoms with Crippen LogP contribution in [0.25, 0.3) is 22.3 Å². The lowest BCUT2D eigenvalue weighted by Gasteiger charge is -2.12. The number of carbonyl (C=O) groups is 1. The maximum Gasteiger partial charge on any atom is 0.411 e. The number of fused-ring (bicyclic) bond motifs is 1. The summed E-state index contributed by atoms with van der Waals surface area (Å²) in [7, 11) is 0. The molecule has 0 saturated heterocycles. The number of nitrogens with one attached hydrogen (secondary N) is 1. The van der Waals surface area contributed by atoms with Crippen LogP contribution >= 0.6 is 0 Å². The molecule has 25 heavy (non-hydrogen) atoms. The maximum absolute atomic E-state index is 12.3. The van der Waals surface area contributed by atoms with E-state index in [1.807, 2.05) is 0 Å². The lowest BCUT2D eigenvalue weighted by atomic mass is 10.1. The summed E-state index contributed by atoms with van der Waals surface area (Å²) in [4.78, 5) is 24.0. The molecule has 0 bridgehead atoms. The molecule has 3 N–H and O–H groups in total. The first-order valence-electron chi connectivity index (χ1n) is 7.52. The Balaban J connectivity index is 2.17. The zero-order chi connectivity index (χ0) is 18.0. The van der Waals surface area contributed by atoms with E-state index in [-0.39, 0.29) is 29.0 Å². The smallest absolute Gasteiger partial charge is 0.411 e. The second-order valence-electron chi connectivity index (χ2n) is 5.20. The third-order valence-electron chi connectivity index (χ3n) is 3.53. The maximum atomic E-state index is 12.3. The fourth-order valence-corrected chi connectivity index (χ4v) is 2.40. The Morgan fingerprint density at radius 3 is 2.64 bits per heavy atom. The molecule has 1 heterocycles. The van der Waals surface area contributed by atoms with E-state index >= 15 is 0 Å². The fraction of sp³-hybridized carbons (Fsp3) is 0.111. The number of anilines is 1. The van der Waals surface area contributed by atoms with Gasteiger partial charge in [-0.3, -0.25) is 10.1 Å². The van der Waals surface area contributed by atoms with E-state index in [0.717, 1.165) is 6.07 Å². The minimum absolute atomic E-state index is 0.130. The van der Waals surface area contributed by atoms with Crippen molar-refractivity contribution in [3.8, 4) is 22.8 Å². The van der Waals surface area contributed by atoms with Crippen molar-refractivity contribution in [2.24, 2.45) is 0 Å². The zero-order valence-corrected chi connectivity index (χ0v) is 13.3.